The molecule has 1 aromatic rings. The Kier molecular flexibility index (Phi) is 5.22. The van der Waals surface area contributed by atoms with Crippen LogP contribution in [0.3, 0.4) is 0 Å². The third-order valence-electron chi connectivity index (χ3n) is 4.31. The van der Waals surface area contributed by atoms with Crippen molar-refractivity contribution >= 4 is 21.8 Å². The van der Waals surface area contributed by atoms with Gasteiger partial charge in [0.05, 0.1) is 12.6 Å². The van der Waals surface area contributed by atoms with Gasteiger partial charge < -0.3 is 10.0 Å². The largest absolute Gasteiger partial charge is 0.394 e. The van der Waals surface area contributed by atoms with Crippen molar-refractivity contribution in [3.05, 3.63) is 34.3 Å². The molecule has 0 radical (unpaired) electrons. The van der Waals surface area contributed by atoms with Crippen LogP contribution in [0, 0.1) is 5.92 Å². The Hall–Kier alpha value is -0.870. The second-order valence-electron chi connectivity index (χ2n) is 5.76. The molecule has 3 unspecified atom stereocenters. The van der Waals surface area contributed by atoms with E-state index in [0.29, 0.717) is 12.3 Å². The van der Waals surface area contributed by atoms with Crippen molar-refractivity contribution < 1.29 is 9.90 Å². The van der Waals surface area contributed by atoms with E-state index in [1.54, 1.807) is 0 Å². The maximum absolute atomic E-state index is 12.4. The second-order valence-corrected chi connectivity index (χ2v) is 6.68. The summed E-state index contributed by atoms with van der Waals surface area (Å²) in [7, 11) is 0. The van der Waals surface area contributed by atoms with Gasteiger partial charge in [-0.05, 0) is 36.0 Å². The summed E-state index contributed by atoms with van der Waals surface area (Å²) in [6, 6.07) is 8.12. The third kappa shape index (κ3) is 3.41. The fourth-order valence-corrected chi connectivity index (χ4v) is 3.15. The number of amides is 1. The summed E-state index contributed by atoms with van der Waals surface area (Å²) >= 11 is 3.42. The predicted molar refractivity (Wildman–Crippen MR) is 83.5 cm³/mol. The lowest BCUT2D eigenvalue weighted by Crippen LogP contribution is -2.40. The van der Waals surface area contributed by atoms with E-state index in [2.05, 4.69) is 41.9 Å². The van der Waals surface area contributed by atoms with Crippen LogP contribution in [0.4, 0.5) is 0 Å². The van der Waals surface area contributed by atoms with Crippen LogP contribution < -0.4 is 0 Å². The molecule has 0 saturated carbocycles. The van der Waals surface area contributed by atoms with Gasteiger partial charge in [0, 0.05) is 17.4 Å². The number of likely N-dealkylation sites (tertiary alicyclic amines) is 1. The van der Waals surface area contributed by atoms with Crippen molar-refractivity contribution in [2.24, 2.45) is 5.92 Å². The quantitative estimate of drug-likeness (QED) is 0.915. The Morgan fingerprint density at radius 2 is 2.10 bits per heavy atom. The molecule has 1 aliphatic heterocycles. The summed E-state index contributed by atoms with van der Waals surface area (Å²) in [4.78, 5) is 14.3. The molecule has 0 spiro atoms. The summed E-state index contributed by atoms with van der Waals surface area (Å²) in [5.74, 6) is 0.751. The van der Waals surface area contributed by atoms with Gasteiger partial charge in [0.15, 0.2) is 0 Å². The lowest BCUT2D eigenvalue weighted by Gasteiger charge is -2.26. The average molecular weight is 340 g/mol. The number of nitrogens with zero attached hydrogens (tertiary/aromatic N) is 1. The molecule has 1 aliphatic rings. The molecular weight excluding hydrogens is 318 g/mol. The first kappa shape index (κ1) is 15.5. The van der Waals surface area contributed by atoms with Crippen LogP contribution in [-0.4, -0.2) is 35.1 Å². The van der Waals surface area contributed by atoms with Gasteiger partial charge >= 0.3 is 0 Å². The molecule has 1 N–H and O–H groups in total. The summed E-state index contributed by atoms with van der Waals surface area (Å²) in [5.41, 5.74) is 1.18. The van der Waals surface area contributed by atoms with Gasteiger partial charge in [-0.15, -0.1) is 0 Å². The number of aliphatic hydroxyl groups is 1. The molecule has 3 nitrogen and oxygen atoms in total. The normalized spacial score (nSPS) is 23.9. The molecular formula is C16H22BrNO2. The number of rotatable bonds is 4. The van der Waals surface area contributed by atoms with Gasteiger partial charge in [-0.1, -0.05) is 41.9 Å². The van der Waals surface area contributed by atoms with E-state index in [9.17, 15) is 9.90 Å². The van der Waals surface area contributed by atoms with Crippen molar-refractivity contribution in [3.8, 4) is 0 Å². The molecule has 4 heteroatoms. The Bertz CT molecular complexity index is 460. The Morgan fingerprint density at radius 3 is 2.70 bits per heavy atom. The van der Waals surface area contributed by atoms with E-state index < -0.39 is 0 Å². The summed E-state index contributed by atoms with van der Waals surface area (Å²) in [6.07, 6.45) is 1.49. The standard InChI is InChI=1S/C16H22BrNO2/c1-11-7-8-18(15(11)10-19)16(20)9-12(2)13-3-5-14(17)6-4-13/h3-6,11-12,15,19H,7-10H2,1-2H3. The zero-order valence-corrected chi connectivity index (χ0v) is 13.6. The predicted octanol–water partition coefficient (Wildman–Crippen LogP) is 3.17. The minimum absolute atomic E-state index is 0.000354. The van der Waals surface area contributed by atoms with Crippen LogP contribution in [0.15, 0.2) is 28.7 Å². The zero-order valence-electron chi connectivity index (χ0n) is 12.1. The Balaban J connectivity index is 1.99. The molecule has 1 amide bonds. The van der Waals surface area contributed by atoms with Crippen LogP contribution in [0.1, 0.15) is 38.2 Å². The number of halogens is 1. The summed E-state index contributed by atoms with van der Waals surface area (Å²) < 4.78 is 1.05. The summed E-state index contributed by atoms with van der Waals surface area (Å²) in [6.45, 7) is 5.03. The highest BCUT2D eigenvalue weighted by Crippen LogP contribution is 2.27. The minimum atomic E-state index is -0.000354. The van der Waals surface area contributed by atoms with Gasteiger partial charge in [0.25, 0.3) is 0 Å². The van der Waals surface area contributed by atoms with Crippen molar-refractivity contribution in [2.75, 3.05) is 13.2 Å². The highest BCUT2D eigenvalue weighted by Gasteiger charge is 2.34. The van der Waals surface area contributed by atoms with Gasteiger partial charge in [-0.3, -0.25) is 4.79 Å². The van der Waals surface area contributed by atoms with Crippen LogP contribution in [0.25, 0.3) is 0 Å². The third-order valence-corrected chi connectivity index (χ3v) is 4.84. The SMILES string of the molecule is CC(CC(=O)N1CCC(C)C1CO)c1ccc(Br)cc1. The monoisotopic (exact) mass is 339 g/mol. The summed E-state index contributed by atoms with van der Waals surface area (Å²) in [5, 5.41) is 9.44. The average Bonchev–Trinajstić information content (AvgIpc) is 2.80. The van der Waals surface area contributed by atoms with Crippen LogP contribution in [0.5, 0.6) is 0 Å². The highest BCUT2D eigenvalue weighted by molar-refractivity contribution is 9.10. The number of carbonyl (C=O) groups is 1. The first-order valence-corrected chi connectivity index (χ1v) is 7.98. The number of hydrogen-bond donors (Lipinski definition) is 1. The van der Waals surface area contributed by atoms with Gasteiger partial charge in [0.1, 0.15) is 0 Å². The molecule has 20 heavy (non-hydrogen) atoms. The van der Waals surface area contributed by atoms with Crippen molar-refractivity contribution in [3.63, 3.8) is 0 Å². The van der Waals surface area contributed by atoms with Crippen molar-refractivity contribution in [1.82, 2.24) is 4.90 Å². The van der Waals surface area contributed by atoms with Crippen LogP contribution in [-0.2, 0) is 4.79 Å². The van der Waals surface area contributed by atoms with E-state index in [4.69, 9.17) is 0 Å². The lowest BCUT2D eigenvalue weighted by atomic mass is 9.97. The molecule has 1 heterocycles. The fraction of sp³-hybridized carbons (Fsp3) is 0.562. The molecule has 0 aliphatic carbocycles. The Labute approximate surface area is 129 Å². The lowest BCUT2D eigenvalue weighted by molar-refractivity contribution is -0.133. The molecule has 0 bridgehead atoms. The fourth-order valence-electron chi connectivity index (χ4n) is 2.88. The van der Waals surface area contributed by atoms with Gasteiger partial charge in [-0.25, -0.2) is 0 Å². The van der Waals surface area contributed by atoms with Gasteiger partial charge in [0.2, 0.25) is 5.91 Å². The molecule has 1 aromatic carbocycles. The molecule has 3 atom stereocenters. The van der Waals surface area contributed by atoms with E-state index in [1.807, 2.05) is 17.0 Å². The Morgan fingerprint density at radius 1 is 1.45 bits per heavy atom. The van der Waals surface area contributed by atoms with Crippen molar-refractivity contribution in [2.45, 2.75) is 38.6 Å². The molecule has 1 fully saturated rings. The number of hydrogen-bond acceptors (Lipinski definition) is 2. The van der Waals surface area contributed by atoms with Crippen molar-refractivity contribution in [1.29, 1.82) is 0 Å². The first-order valence-electron chi connectivity index (χ1n) is 7.18. The second kappa shape index (κ2) is 6.72. The van der Waals surface area contributed by atoms with Crippen LogP contribution in [0.2, 0.25) is 0 Å². The molecule has 0 aromatic heterocycles. The van der Waals surface area contributed by atoms with E-state index in [-0.39, 0.29) is 24.5 Å². The van der Waals surface area contributed by atoms with Gasteiger partial charge in [-0.2, -0.15) is 0 Å². The molecule has 110 valence electrons. The number of benzene rings is 1. The molecule has 2 rings (SSSR count). The zero-order chi connectivity index (χ0) is 14.7. The smallest absolute Gasteiger partial charge is 0.223 e. The number of carbonyl (C=O) groups excluding carboxylic acids is 1. The van der Waals surface area contributed by atoms with E-state index >= 15 is 0 Å². The van der Waals surface area contributed by atoms with E-state index in [1.165, 1.54) is 5.56 Å². The number of aliphatic hydroxyl groups excluding tert-OH is 1. The highest BCUT2D eigenvalue weighted by atomic mass is 79.9. The van der Waals surface area contributed by atoms with E-state index in [0.717, 1.165) is 17.4 Å². The topological polar surface area (TPSA) is 40.5 Å². The maximum atomic E-state index is 12.4. The molecule has 1 saturated heterocycles. The minimum Gasteiger partial charge on any atom is -0.394 e. The van der Waals surface area contributed by atoms with Crippen LogP contribution >= 0.6 is 15.9 Å². The first-order chi connectivity index (χ1) is 9.52. The maximum Gasteiger partial charge on any atom is 0.223 e.